The van der Waals surface area contributed by atoms with Crippen molar-refractivity contribution in [2.24, 2.45) is 0 Å². The van der Waals surface area contributed by atoms with Crippen LogP contribution in [0, 0.1) is 0 Å². The number of aromatic hydroxyl groups is 2. The summed E-state index contributed by atoms with van der Waals surface area (Å²) in [6.07, 6.45) is 0. The summed E-state index contributed by atoms with van der Waals surface area (Å²) in [6, 6.07) is 3.60. The highest BCUT2D eigenvalue weighted by molar-refractivity contribution is 7.92. The number of hydrogen-bond donors (Lipinski definition) is 2. The molecule has 1 amide bonds. The smallest absolute Gasteiger partial charge is 0.355 e. The van der Waals surface area contributed by atoms with Crippen LogP contribution in [-0.4, -0.2) is 70.1 Å². The van der Waals surface area contributed by atoms with Gasteiger partial charge in [-0.15, -0.1) is 11.6 Å². The van der Waals surface area contributed by atoms with Crippen molar-refractivity contribution in [1.82, 2.24) is 4.90 Å². The second-order valence-corrected chi connectivity index (χ2v) is 10.6. The maximum atomic E-state index is 12.8. The Kier molecular flexibility index (Phi) is 5.70. The SMILES string of the molecule is CC(C)(C)OC(=O)C1=C(COC(=O)c2c(O)cccc2O)CS(=O)(=O)C2[C@@H](Cl)C(=O)N12. The molecule has 1 aromatic carbocycles. The first kappa shape index (κ1) is 22.9. The second kappa shape index (κ2) is 7.72. The molecule has 2 aliphatic rings. The number of fused-ring (bicyclic) bond motifs is 1. The normalized spacial score (nSPS) is 22.5. The summed E-state index contributed by atoms with van der Waals surface area (Å²) in [5.74, 6) is -4.72. The topological polar surface area (TPSA) is 148 Å². The molecule has 1 unspecified atom stereocenters. The van der Waals surface area contributed by atoms with Gasteiger partial charge in [0, 0.05) is 5.57 Å². The number of amides is 1. The van der Waals surface area contributed by atoms with Crippen LogP contribution < -0.4 is 0 Å². The van der Waals surface area contributed by atoms with Crippen molar-refractivity contribution in [3.05, 3.63) is 35.0 Å². The van der Waals surface area contributed by atoms with Crippen LogP contribution in [0.25, 0.3) is 0 Å². The fourth-order valence-electron chi connectivity index (χ4n) is 3.22. The van der Waals surface area contributed by atoms with Gasteiger partial charge in [-0.1, -0.05) is 6.07 Å². The minimum absolute atomic E-state index is 0.189. The van der Waals surface area contributed by atoms with Crippen LogP contribution in [0.4, 0.5) is 0 Å². The van der Waals surface area contributed by atoms with Gasteiger partial charge >= 0.3 is 11.9 Å². The average Bonchev–Trinajstić information content (AvgIpc) is 2.62. The Hall–Kier alpha value is -2.79. The minimum Gasteiger partial charge on any atom is -0.507 e. The first-order chi connectivity index (χ1) is 14.2. The van der Waals surface area contributed by atoms with Gasteiger partial charge in [0.05, 0.1) is 5.75 Å². The van der Waals surface area contributed by atoms with Gasteiger partial charge in [-0.05, 0) is 32.9 Å². The second-order valence-electron chi connectivity index (χ2n) is 8.01. The molecular formula is C19H20ClNO9S. The summed E-state index contributed by atoms with van der Waals surface area (Å²) in [4.78, 5) is 38.1. The summed E-state index contributed by atoms with van der Waals surface area (Å²) >= 11 is 5.86. The van der Waals surface area contributed by atoms with Gasteiger partial charge < -0.3 is 19.7 Å². The number of rotatable bonds is 4. The molecule has 2 heterocycles. The summed E-state index contributed by atoms with van der Waals surface area (Å²) in [7, 11) is -3.98. The third-order valence-corrected chi connectivity index (χ3v) is 7.04. The number of carbonyl (C=O) groups is 3. The van der Waals surface area contributed by atoms with E-state index >= 15 is 0 Å². The van der Waals surface area contributed by atoms with Gasteiger partial charge in [0.15, 0.2) is 15.2 Å². The van der Waals surface area contributed by atoms with E-state index in [2.05, 4.69) is 0 Å². The highest BCUT2D eigenvalue weighted by atomic mass is 35.5. The van der Waals surface area contributed by atoms with Crippen molar-refractivity contribution in [1.29, 1.82) is 0 Å². The van der Waals surface area contributed by atoms with Crippen LogP contribution in [0.5, 0.6) is 11.5 Å². The Balaban J connectivity index is 1.97. The van der Waals surface area contributed by atoms with E-state index in [0.717, 1.165) is 17.0 Å². The third kappa shape index (κ3) is 4.19. The Labute approximate surface area is 182 Å². The third-order valence-electron chi connectivity index (χ3n) is 4.49. The van der Waals surface area contributed by atoms with Crippen LogP contribution in [0.3, 0.4) is 0 Å². The Morgan fingerprint density at radius 3 is 2.32 bits per heavy atom. The lowest BCUT2D eigenvalue weighted by Crippen LogP contribution is -2.68. The van der Waals surface area contributed by atoms with Crippen LogP contribution in [0.15, 0.2) is 29.5 Å². The molecule has 1 aromatic rings. The number of benzene rings is 1. The molecule has 168 valence electrons. The number of alkyl halides is 1. The lowest BCUT2D eigenvalue weighted by atomic mass is 10.1. The zero-order valence-corrected chi connectivity index (χ0v) is 18.4. The zero-order chi connectivity index (χ0) is 23.3. The highest BCUT2D eigenvalue weighted by Crippen LogP contribution is 2.40. The van der Waals surface area contributed by atoms with E-state index < -0.39 is 73.5 Å². The molecule has 10 nitrogen and oxygen atoms in total. The maximum Gasteiger partial charge on any atom is 0.355 e. The summed E-state index contributed by atoms with van der Waals surface area (Å²) in [5.41, 5.74) is -2.02. The molecule has 0 bridgehead atoms. The standard InChI is InChI=1S/C19H20ClNO9S/c1-19(2,3)30-18(26)14-9(8-31(27,28)16-13(20)15(24)21(14)16)7-29-17(25)12-10(22)5-4-6-11(12)23/h4-6,13,16,22-23H,7-8H2,1-3H3/t13-,16?/m0/s1. The van der Waals surface area contributed by atoms with E-state index in [-0.39, 0.29) is 11.3 Å². The van der Waals surface area contributed by atoms with Crippen molar-refractivity contribution in [3.63, 3.8) is 0 Å². The van der Waals surface area contributed by atoms with Crippen molar-refractivity contribution >= 4 is 39.3 Å². The predicted octanol–water partition coefficient (Wildman–Crippen LogP) is 1.05. The number of carbonyl (C=O) groups excluding carboxylic acids is 3. The summed E-state index contributed by atoms with van der Waals surface area (Å²) in [5, 5.41) is 16.8. The lowest BCUT2D eigenvalue weighted by Gasteiger charge is -2.47. The molecule has 0 aromatic heterocycles. The van der Waals surface area contributed by atoms with Crippen LogP contribution in [-0.2, 0) is 28.9 Å². The molecule has 0 aliphatic carbocycles. The Morgan fingerprint density at radius 2 is 1.77 bits per heavy atom. The fourth-order valence-corrected chi connectivity index (χ4v) is 5.79. The molecule has 0 spiro atoms. The molecule has 0 radical (unpaired) electrons. The van der Waals surface area contributed by atoms with E-state index in [0.29, 0.717) is 0 Å². The minimum atomic E-state index is -3.98. The number of nitrogens with zero attached hydrogens (tertiary/aromatic N) is 1. The molecule has 12 heteroatoms. The first-order valence-corrected chi connectivity index (χ1v) is 11.2. The molecule has 0 saturated carbocycles. The summed E-state index contributed by atoms with van der Waals surface area (Å²) in [6.45, 7) is 4.06. The summed E-state index contributed by atoms with van der Waals surface area (Å²) < 4.78 is 35.5. The van der Waals surface area contributed by atoms with E-state index in [9.17, 15) is 33.0 Å². The number of phenols is 2. The van der Waals surface area contributed by atoms with Crippen molar-refractivity contribution in [3.8, 4) is 11.5 Å². The van der Waals surface area contributed by atoms with Gasteiger partial charge in [0.25, 0.3) is 0 Å². The number of hydrogen-bond acceptors (Lipinski definition) is 9. The fraction of sp³-hybridized carbons (Fsp3) is 0.421. The number of esters is 2. The number of ether oxygens (including phenoxy) is 2. The monoisotopic (exact) mass is 473 g/mol. The van der Waals surface area contributed by atoms with Gasteiger partial charge in [-0.3, -0.25) is 9.69 Å². The van der Waals surface area contributed by atoms with E-state index in [1.807, 2.05) is 0 Å². The van der Waals surface area contributed by atoms with Crippen LogP contribution >= 0.6 is 11.6 Å². The molecule has 1 saturated heterocycles. The molecule has 2 atom stereocenters. The van der Waals surface area contributed by atoms with Gasteiger partial charge in [-0.2, -0.15) is 0 Å². The first-order valence-electron chi connectivity index (χ1n) is 9.07. The number of sulfone groups is 1. The van der Waals surface area contributed by atoms with Crippen molar-refractivity contribution < 1.29 is 42.5 Å². The average molecular weight is 474 g/mol. The molecule has 3 rings (SSSR count). The van der Waals surface area contributed by atoms with E-state index in [1.165, 1.54) is 6.07 Å². The number of β-lactam (4-membered cyclic amide) rings is 1. The highest BCUT2D eigenvalue weighted by Gasteiger charge is 2.59. The molecule has 2 N–H and O–H groups in total. The number of halogens is 1. The Bertz CT molecular complexity index is 1080. The van der Waals surface area contributed by atoms with Crippen LogP contribution in [0.1, 0.15) is 31.1 Å². The largest absolute Gasteiger partial charge is 0.507 e. The van der Waals surface area contributed by atoms with Crippen LogP contribution in [0.2, 0.25) is 0 Å². The molecule has 1 fully saturated rings. The quantitative estimate of drug-likeness (QED) is 0.372. The zero-order valence-electron chi connectivity index (χ0n) is 16.8. The van der Waals surface area contributed by atoms with Gasteiger partial charge in [0.2, 0.25) is 5.91 Å². The van der Waals surface area contributed by atoms with E-state index in [4.69, 9.17) is 21.1 Å². The Morgan fingerprint density at radius 1 is 1.19 bits per heavy atom. The molecular weight excluding hydrogens is 454 g/mol. The lowest BCUT2D eigenvalue weighted by molar-refractivity contribution is -0.157. The number of phenolic OH excluding ortho intramolecular Hbond substituents is 2. The van der Waals surface area contributed by atoms with Crippen molar-refractivity contribution in [2.45, 2.75) is 37.1 Å². The van der Waals surface area contributed by atoms with Crippen molar-refractivity contribution in [2.75, 3.05) is 12.4 Å². The molecule has 2 aliphatic heterocycles. The predicted molar refractivity (Wildman–Crippen MR) is 107 cm³/mol. The van der Waals surface area contributed by atoms with Gasteiger partial charge in [-0.25, -0.2) is 18.0 Å². The molecule has 31 heavy (non-hydrogen) atoms. The van der Waals surface area contributed by atoms with Gasteiger partial charge in [0.1, 0.15) is 40.3 Å². The van der Waals surface area contributed by atoms with E-state index in [1.54, 1.807) is 20.8 Å². The maximum absolute atomic E-state index is 12.8.